The monoisotopic (exact) mass is 327 g/mol. The zero-order valence-electron chi connectivity index (χ0n) is 15.1. The molecule has 1 fully saturated rings. The molecule has 24 heavy (non-hydrogen) atoms. The molecule has 1 aromatic rings. The van der Waals surface area contributed by atoms with E-state index in [4.69, 9.17) is 5.73 Å². The van der Waals surface area contributed by atoms with Gasteiger partial charge in [0.05, 0.1) is 6.61 Å². The molecule has 0 saturated heterocycles. The number of aliphatic hydroxyl groups is 1. The van der Waals surface area contributed by atoms with Crippen molar-refractivity contribution >= 4 is 0 Å². The predicted molar refractivity (Wildman–Crippen MR) is 101 cm³/mol. The Balaban J connectivity index is 1.63. The summed E-state index contributed by atoms with van der Waals surface area (Å²) in [5.41, 5.74) is 10.4. The highest BCUT2D eigenvalue weighted by Crippen LogP contribution is 2.40. The maximum absolute atomic E-state index is 9.48. The fourth-order valence-electron chi connectivity index (χ4n) is 4.42. The van der Waals surface area contributed by atoms with Gasteiger partial charge in [0.25, 0.3) is 0 Å². The average molecular weight is 328 g/mol. The SMILES string of the molecule is CCCC/C=C/[C@@H]1CCc2cc(C3CC[C@](N)(CO)C3)ccc2C1. The number of unbranched alkanes of at least 4 members (excludes halogenated alkanes) is 2. The Morgan fingerprint density at radius 3 is 2.92 bits per heavy atom. The molecule has 2 nitrogen and oxygen atoms in total. The number of rotatable bonds is 6. The van der Waals surface area contributed by atoms with Crippen LogP contribution in [0.1, 0.15) is 74.5 Å². The Bertz CT molecular complexity index is 579. The van der Waals surface area contributed by atoms with Crippen LogP contribution >= 0.6 is 0 Å². The molecule has 1 aromatic carbocycles. The third-order valence-corrected chi connectivity index (χ3v) is 6.06. The highest BCUT2D eigenvalue weighted by molar-refractivity contribution is 5.37. The number of aliphatic hydroxyl groups excluding tert-OH is 1. The Morgan fingerprint density at radius 2 is 2.17 bits per heavy atom. The van der Waals surface area contributed by atoms with E-state index in [1.807, 2.05) is 0 Å². The molecule has 0 radical (unpaired) electrons. The molecule has 0 amide bonds. The fourth-order valence-corrected chi connectivity index (χ4v) is 4.42. The van der Waals surface area contributed by atoms with E-state index in [1.165, 1.54) is 49.7 Å². The van der Waals surface area contributed by atoms with Gasteiger partial charge >= 0.3 is 0 Å². The summed E-state index contributed by atoms with van der Waals surface area (Å²) in [4.78, 5) is 0. The molecule has 2 aliphatic carbocycles. The van der Waals surface area contributed by atoms with Gasteiger partial charge in [0.15, 0.2) is 0 Å². The van der Waals surface area contributed by atoms with Crippen molar-refractivity contribution in [2.75, 3.05) is 6.61 Å². The van der Waals surface area contributed by atoms with Gasteiger partial charge in [-0.1, -0.05) is 50.1 Å². The number of hydrogen-bond acceptors (Lipinski definition) is 2. The van der Waals surface area contributed by atoms with Crippen molar-refractivity contribution in [1.82, 2.24) is 0 Å². The Kier molecular flexibility index (Phi) is 5.78. The first kappa shape index (κ1) is 17.7. The van der Waals surface area contributed by atoms with Crippen LogP contribution < -0.4 is 5.73 Å². The summed E-state index contributed by atoms with van der Waals surface area (Å²) in [6.45, 7) is 2.36. The van der Waals surface area contributed by atoms with Crippen LogP contribution in [-0.2, 0) is 12.8 Å². The Morgan fingerprint density at radius 1 is 1.29 bits per heavy atom. The number of hydrogen-bond donors (Lipinski definition) is 2. The lowest BCUT2D eigenvalue weighted by Gasteiger charge is -2.25. The molecule has 0 spiro atoms. The second-order valence-corrected chi connectivity index (χ2v) is 8.06. The minimum absolute atomic E-state index is 0.112. The molecule has 2 heteroatoms. The average Bonchev–Trinajstić information content (AvgIpc) is 3.01. The van der Waals surface area contributed by atoms with Crippen LogP contribution in [0.5, 0.6) is 0 Å². The molecule has 3 atom stereocenters. The van der Waals surface area contributed by atoms with Crippen molar-refractivity contribution in [2.45, 2.75) is 76.2 Å². The normalized spacial score (nSPS) is 30.0. The van der Waals surface area contributed by atoms with E-state index in [-0.39, 0.29) is 12.1 Å². The number of benzene rings is 1. The van der Waals surface area contributed by atoms with Gasteiger partial charge in [0.2, 0.25) is 0 Å². The summed E-state index contributed by atoms with van der Waals surface area (Å²) in [6.07, 6.45) is 15.3. The van der Waals surface area contributed by atoms with Gasteiger partial charge < -0.3 is 10.8 Å². The van der Waals surface area contributed by atoms with Crippen LogP contribution in [0.4, 0.5) is 0 Å². The molecule has 0 aromatic heterocycles. The number of allylic oxidation sites excluding steroid dienone is 2. The zero-order valence-corrected chi connectivity index (χ0v) is 15.1. The molecule has 2 aliphatic rings. The predicted octanol–water partition coefficient (Wildman–Crippen LogP) is 4.50. The van der Waals surface area contributed by atoms with Crippen molar-refractivity contribution < 1.29 is 5.11 Å². The molecule has 0 heterocycles. The lowest BCUT2D eigenvalue weighted by Crippen LogP contribution is -2.40. The summed E-state index contributed by atoms with van der Waals surface area (Å²) in [6, 6.07) is 7.10. The molecule has 0 aliphatic heterocycles. The lowest BCUT2D eigenvalue weighted by atomic mass is 9.81. The first-order valence-electron chi connectivity index (χ1n) is 9.81. The molecular weight excluding hydrogens is 294 g/mol. The molecular formula is C22H33NO. The highest BCUT2D eigenvalue weighted by atomic mass is 16.3. The number of aryl methyl sites for hydroxylation is 1. The second-order valence-electron chi connectivity index (χ2n) is 8.06. The number of nitrogens with two attached hydrogens (primary N) is 1. The largest absolute Gasteiger partial charge is 0.394 e. The smallest absolute Gasteiger partial charge is 0.0611 e. The van der Waals surface area contributed by atoms with Crippen molar-refractivity contribution in [1.29, 1.82) is 0 Å². The highest BCUT2D eigenvalue weighted by Gasteiger charge is 2.36. The standard InChI is InChI=1S/C22H33NO/c1-2-3-4-5-6-17-7-8-19-14-20(10-9-18(19)13-17)21-11-12-22(23,15-21)16-24/h5-6,9-10,14,17,21,24H,2-4,7-8,11-13,15-16,23H2,1H3/b6-5+/t17-,21?,22-/m1/s1. The van der Waals surface area contributed by atoms with Gasteiger partial charge in [0, 0.05) is 5.54 Å². The van der Waals surface area contributed by atoms with Crippen molar-refractivity contribution in [3.63, 3.8) is 0 Å². The van der Waals surface area contributed by atoms with Crippen molar-refractivity contribution in [3.05, 3.63) is 47.0 Å². The third kappa shape index (κ3) is 4.10. The molecule has 132 valence electrons. The van der Waals surface area contributed by atoms with E-state index >= 15 is 0 Å². The van der Waals surface area contributed by atoms with E-state index in [0.29, 0.717) is 5.92 Å². The summed E-state index contributed by atoms with van der Waals surface area (Å²) >= 11 is 0. The van der Waals surface area contributed by atoms with Crippen molar-refractivity contribution in [3.8, 4) is 0 Å². The lowest BCUT2D eigenvalue weighted by molar-refractivity contribution is 0.198. The van der Waals surface area contributed by atoms with Crippen LogP contribution in [0.25, 0.3) is 0 Å². The molecule has 1 unspecified atom stereocenters. The fraction of sp³-hybridized carbons (Fsp3) is 0.636. The van der Waals surface area contributed by atoms with Crippen LogP contribution in [0.15, 0.2) is 30.4 Å². The molecule has 3 N–H and O–H groups in total. The summed E-state index contributed by atoms with van der Waals surface area (Å²) in [7, 11) is 0. The Hall–Kier alpha value is -1.12. The maximum atomic E-state index is 9.48. The first-order valence-corrected chi connectivity index (χ1v) is 9.81. The van der Waals surface area contributed by atoms with Crippen LogP contribution in [-0.4, -0.2) is 17.3 Å². The van der Waals surface area contributed by atoms with Crippen LogP contribution in [0.3, 0.4) is 0 Å². The molecule has 1 saturated carbocycles. The summed E-state index contributed by atoms with van der Waals surface area (Å²) in [5, 5.41) is 9.48. The quantitative estimate of drug-likeness (QED) is 0.597. The van der Waals surface area contributed by atoms with E-state index in [0.717, 1.165) is 25.2 Å². The third-order valence-electron chi connectivity index (χ3n) is 6.06. The maximum Gasteiger partial charge on any atom is 0.0611 e. The van der Waals surface area contributed by atoms with Gasteiger partial charge in [-0.3, -0.25) is 0 Å². The molecule has 3 rings (SSSR count). The van der Waals surface area contributed by atoms with Crippen molar-refractivity contribution in [2.24, 2.45) is 11.7 Å². The number of fused-ring (bicyclic) bond motifs is 1. The van der Waals surface area contributed by atoms with Gasteiger partial charge in [-0.2, -0.15) is 0 Å². The van der Waals surface area contributed by atoms with E-state index in [2.05, 4.69) is 37.3 Å². The Labute approximate surface area is 147 Å². The van der Waals surface area contributed by atoms with Gasteiger partial charge in [0.1, 0.15) is 0 Å². The second kappa shape index (κ2) is 7.84. The van der Waals surface area contributed by atoms with E-state index in [1.54, 1.807) is 5.56 Å². The van der Waals surface area contributed by atoms with E-state index in [9.17, 15) is 5.11 Å². The van der Waals surface area contributed by atoms with Gasteiger partial charge in [-0.05, 0) is 73.5 Å². The zero-order chi connectivity index (χ0) is 17.0. The van der Waals surface area contributed by atoms with E-state index < -0.39 is 0 Å². The molecule has 0 bridgehead atoms. The van der Waals surface area contributed by atoms with Gasteiger partial charge in [-0.15, -0.1) is 0 Å². The summed E-state index contributed by atoms with van der Waals surface area (Å²) < 4.78 is 0. The van der Waals surface area contributed by atoms with Gasteiger partial charge in [-0.25, -0.2) is 0 Å². The minimum atomic E-state index is -0.352. The van der Waals surface area contributed by atoms with Crippen LogP contribution in [0, 0.1) is 5.92 Å². The van der Waals surface area contributed by atoms with Crippen LogP contribution in [0.2, 0.25) is 0 Å². The minimum Gasteiger partial charge on any atom is -0.394 e. The topological polar surface area (TPSA) is 46.2 Å². The summed E-state index contributed by atoms with van der Waals surface area (Å²) in [5.74, 6) is 1.25. The first-order chi connectivity index (χ1) is 11.6.